The number of piperazine rings is 1. The zero-order chi connectivity index (χ0) is 45.0. The van der Waals surface area contributed by atoms with Crippen molar-refractivity contribution in [3.05, 3.63) is 108 Å². The second kappa shape index (κ2) is 18.7. The summed E-state index contributed by atoms with van der Waals surface area (Å²) < 4.78 is 51.4. The molecule has 1 aliphatic heterocycles. The van der Waals surface area contributed by atoms with Crippen LogP contribution >= 0.6 is 0 Å². The van der Waals surface area contributed by atoms with Crippen molar-refractivity contribution in [2.75, 3.05) is 45.7 Å². The summed E-state index contributed by atoms with van der Waals surface area (Å²) in [5, 5.41) is 19.4. The predicted octanol–water partition coefficient (Wildman–Crippen LogP) is 4.57. The Morgan fingerprint density at radius 1 is 1.08 bits per heavy atom. The Morgan fingerprint density at radius 2 is 1.84 bits per heavy atom. The van der Waals surface area contributed by atoms with Crippen molar-refractivity contribution >= 4 is 46.1 Å². The Kier molecular flexibility index (Phi) is 13.2. The van der Waals surface area contributed by atoms with Gasteiger partial charge < -0.3 is 20.0 Å². The molecule has 330 valence electrons. The van der Waals surface area contributed by atoms with Gasteiger partial charge in [0.15, 0.2) is 11.6 Å². The number of sulfone groups is 1. The molecular formula is C44H51FN12O5S. The van der Waals surface area contributed by atoms with Crippen LogP contribution in [0.5, 0.6) is 5.75 Å². The Morgan fingerprint density at radius 3 is 2.49 bits per heavy atom. The molecule has 7 rings (SSSR count). The van der Waals surface area contributed by atoms with Crippen LogP contribution in [0, 0.1) is 5.82 Å². The molecule has 2 aliphatic rings. The number of aromatic amines is 1. The van der Waals surface area contributed by atoms with Crippen LogP contribution in [0.3, 0.4) is 0 Å². The molecular weight excluding hydrogens is 828 g/mol. The molecule has 17 nitrogen and oxygen atoms in total. The maximum atomic E-state index is 15.9. The van der Waals surface area contributed by atoms with Gasteiger partial charge in [0.05, 0.1) is 22.1 Å². The molecule has 3 unspecified atom stereocenters. The largest absolute Gasteiger partial charge is 0.485 e. The van der Waals surface area contributed by atoms with Gasteiger partial charge in [0, 0.05) is 95.1 Å². The van der Waals surface area contributed by atoms with E-state index in [4.69, 9.17) is 4.74 Å². The van der Waals surface area contributed by atoms with E-state index < -0.39 is 15.7 Å². The normalized spacial score (nSPS) is 17.2. The number of carbonyl (C=O) groups is 2. The highest BCUT2D eigenvalue weighted by Crippen LogP contribution is 2.43. The number of H-pyrrole nitrogens is 1. The monoisotopic (exact) mass is 878 g/mol. The van der Waals surface area contributed by atoms with Gasteiger partial charge in [0.1, 0.15) is 23.5 Å². The summed E-state index contributed by atoms with van der Waals surface area (Å²) in [6.07, 6.45) is 6.06. The summed E-state index contributed by atoms with van der Waals surface area (Å²) in [7, 11) is 0.976. The van der Waals surface area contributed by atoms with E-state index in [1.54, 1.807) is 50.7 Å². The molecule has 0 bridgehead atoms. The van der Waals surface area contributed by atoms with Gasteiger partial charge in [-0.3, -0.25) is 24.5 Å². The van der Waals surface area contributed by atoms with Crippen LogP contribution in [-0.4, -0.2) is 127 Å². The van der Waals surface area contributed by atoms with E-state index >= 15 is 4.39 Å². The smallest absolute Gasteiger partial charge is 0.221 e. The van der Waals surface area contributed by atoms with Crippen molar-refractivity contribution in [1.82, 2.24) is 40.0 Å². The Balaban J connectivity index is 1.07. The van der Waals surface area contributed by atoms with Crippen LogP contribution in [0.2, 0.25) is 0 Å². The number of amidine groups is 1. The minimum absolute atomic E-state index is 0.0566. The van der Waals surface area contributed by atoms with Crippen molar-refractivity contribution in [1.29, 1.82) is 0 Å². The fourth-order valence-electron chi connectivity index (χ4n) is 7.74. The second-order valence-corrected chi connectivity index (χ2v) is 17.7. The lowest BCUT2D eigenvalue weighted by molar-refractivity contribution is -0.121. The zero-order valence-electron chi connectivity index (χ0n) is 36.0. The van der Waals surface area contributed by atoms with Crippen LogP contribution in [0.25, 0.3) is 11.3 Å². The topological polar surface area (TPSA) is 186 Å². The van der Waals surface area contributed by atoms with Gasteiger partial charge in [-0.15, -0.1) is 0 Å². The first kappa shape index (κ1) is 44.3. The lowest BCUT2D eigenvalue weighted by Gasteiger charge is -2.39. The van der Waals surface area contributed by atoms with E-state index in [-0.39, 0.29) is 69.8 Å². The Bertz CT molecular complexity index is 2690. The number of ether oxygens (including phenoxy) is 1. The maximum Gasteiger partial charge on any atom is 0.221 e. The molecule has 1 saturated carbocycles. The molecule has 2 aromatic heterocycles. The Hall–Kier alpha value is -6.73. The molecule has 3 aromatic carbocycles. The minimum atomic E-state index is -4.13. The van der Waals surface area contributed by atoms with Crippen molar-refractivity contribution in [3.63, 3.8) is 0 Å². The van der Waals surface area contributed by atoms with E-state index in [1.165, 1.54) is 34.1 Å². The maximum absolute atomic E-state index is 15.9. The van der Waals surface area contributed by atoms with Gasteiger partial charge in [-0.2, -0.15) is 15.3 Å². The minimum Gasteiger partial charge on any atom is -0.485 e. The Labute approximate surface area is 365 Å². The molecule has 5 aromatic rings. The first-order valence-corrected chi connectivity index (χ1v) is 22.0. The first-order chi connectivity index (χ1) is 30.2. The quantitative estimate of drug-likeness (QED) is 0.0616. The number of benzene rings is 3. The fraction of sp³-hybridized carbons (Fsp3) is 0.341. The van der Waals surface area contributed by atoms with E-state index in [9.17, 15) is 18.0 Å². The molecule has 1 saturated heterocycles. The van der Waals surface area contributed by atoms with Gasteiger partial charge in [-0.05, 0) is 87.4 Å². The van der Waals surface area contributed by atoms with Crippen LogP contribution < -0.4 is 20.4 Å². The van der Waals surface area contributed by atoms with Crippen molar-refractivity contribution in [2.24, 2.45) is 15.2 Å². The van der Waals surface area contributed by atoms with Crippen molar-refractivity contribution in [2.45, 2.75) is 67.6 Å². The van der Waals surface area contributed by atoms with Gasteiger partial charge >= 0.3 is 0 Å². The number of amides is 2. The molecule has 2 fully saturated rings. The summed E-state index contributed by atoms with van der Waals surface area (Å²) in [6.45, 7) is 11.0. The molecule has 3 atom stereocenters. The van der Waals surface area contributed by atoms with Crippen molar-refractivity contribution in [3.8, 4) is 17.0 Å². The summed E-state index contributed by atoms with van der Waals surface area (Å²) in [5.74, 6) is -0.363. The average molecular weight is 879 g/mol. The van der Waals surface area contributed by atoms with E-state index in [0.717, 1.165) is 42.4 Å². The summed E-state index contributed by atoms with van der Waals surface area (Å²) in [4.78, 5) is 39.0. The van der Waals surface area contributed by atoms with Gasteiger partial charge in [0.2, 0.25) is 27.6 Å². The second-order valence-electron chi connectivity index (χ2n) is 15.7. The van der Waals surface area contributed by atoms with Gasteiger partial charge in [-0.25, -0.2) is 27.5 Å². The van der Waals surface area contributed by atoms with E-state index in [1.807, 2.05) is 44.2 Å². The van der Waals surface area contributed by atoms with Gasteiger partial charge in [-0.1, -0.05) is 12.1 Å². The number of rotatable bonds is 16. The van der Waals surface area contributed by atoms with E-state index in [0.29, 0.717) is 23.5 Å². The number of hydrazone groups is 1. The molecule has 0 spiro atoms. The van der Waals surface area contributed by atoms with E-state index in [2.05, 4.69) is 59.1 Å². The zero-order valence-corrected chi connectivity index (χ0v) is 36.8. The number of hydrogen-bond acceptors (Lipinski definition) is 13. The lowest BCUT2D eigenvalue weighted by atomic mass is 10.1. The van der Waals surface area contributed by atoms with Gasteiger partial charge in [0.25, 0.3) is 0 Å². The number of aromatic nitrogens is 4. The van der Waals surface area contributed by atoms with Crippen LogP contribution in [0.15, 0.2) is 110 Å². The number of fused-ring (bicyclic) bond motifs is 1. The molecule has 63 heavy (non-hydrogen) atoms. The number of halogens is 1. The molecule has 2 N–H and O–H groups in total. The number of nitrogens with zero attached hydrogens (tertiary/aromatic N) is 10. The summed E-state index contributed by atoms with van der Waals surface area (Å²) in [6, 6.07) is 18.8. The SMILES string of the molecule is C=Nn1cnc(-c2cn[nH]c2)c(OC(C)C)c1=Nc1ccc(S(=O)(=O)c2cccc(C(C)N3CCN(c4ccc(/C(=N\N(C)C)N(C=O)CCC(=O)NC)cc4)C4CC43)c2)cc1F. The molecule has 19 heteroatoms. The number of nitrogens with one attached hydrogen (secondary N) is 2. The number of hydrogen-bond donors (Lipinski definition) is 2. The van der Waals surface area contributed by atoms with Crippen molar-refractivity contribution < 1.29 is 27.1 Å². The number of anilines is 1. The summed E-state index contributed by atoms with van der Waals surface area (Å²) >= 11 is 0. The van der Waals surface area contributed by atoms with Crippen LogP contribution in [0.4, 0.5) is 15.8 Å². The third kappa shape index (κ3) is 9.53. The average Bonchev–Trinajstić information content (AvgIpc) is 3.90. The fourth-order valence-corrected chi connectivity index (χ4v) is 9.07. The number of carbonyl (C=O) groups excluding carboxylic acids is 2. The standard InChI is InChI=1S/C44H51FN12O5S/c1-28(2)62-42-41(32-24-49-50-25-32)48-26-57(47-5)44(42)51-37-16-15-35(22-36(37)45)63(60,61)34-10-8-9-31(21-34)29(3)55-19-20-56(39-23-38(39)55)33-13-11-30(12-14-33)43(52-53(6)7)54(27-58)18-17-40(59)46-4/h8-16,21-22,24-29,38-39H,5,17-20,23H2,1-4,6-7H3,(H,46,59)(H,49,50)/b51-44?,52-43+. The van der Waals surface area contributed by atoms with Crippen LogP contribution in [0.1, 0.15) is 50.8 Å². The highest BCUT2D eigenvalue weighted by Gasteiger charge is 2.50. The first-order valence-electron chi connectivity index (χ1n) is 20.5. The molecule has 1 aliphatic carbocycles. The highest BCUT2D eigenvalue weighted by atomic mass is 32.2. The third-order valence-electron chi connectivity index (χ3n) is 11.0. The lowest BCUT2D eigenvalue weighted by Crippen LogP contribution is -2.47. The molecule has 3 heterocycles. The summed E-state index contributed by atoms with van der Waals surface area (Å²) in [5.41, 5.74) is 3.61. The third-order valence-corrected chi connectivity index (χ3v) is 12.7. The molecule has 2 amide bonds. The van der Waals surface area contributed by atoms with Crippen LogP contribution in [-0.2, 0) is 19.4 Å². The highest BCUT2D eigenvalue weighted by molar-refractivity contribution is 7.91. The predicted molar refractivity (Wildman–Crippen MR) is 237 cm³/mol. The molecule has 0 radical (unpaired) electrons.